The summed E-state index contributed by atoms with van der Waals surface area (Å²) >= 11 is 0. The third-order valence-corrected chi connectivity index (χ3v) is 6.74. The zero-order chi connectivity index (χ0) is 25.3. The molecule has 1 fully saturated rings. The Kier molecular flexibility index (Phi) is 6.87. The Morgan fingerprint density at radius 1 is 1.00 bits per heavy atom. The molecule has 2 aromatic rings. The van der Waals surface area contributed by atoms with Crippen LogP contribution in [-0.2, 0) is 28.9 Å². The number of piperazine rings is 1. The van der Waals surface area contributed by atoms with Crippen molar-refractivity contribution >= 4 is 17.6 Å². The van der Waals surface area contributed by atoms with Crippen LogP contribution in [0.15, 0.2) is 23.0 Å². The molecule has 1 aromatic carbocycles. The Balaban J connectivity index is 1.47. The zero-order valence-electron chi connectivity index (χ0n) is 20.4. The van der Waals surface area contributed by atoms with E-state index in [2.05, 4.69) is 10.2 Å². The number of hydrogen-bond acceptors (Lipinski definition) is 5. The highest BCUT2D eigenvalue weighted by molar-refractivity contribution is 6.37. The Hall–Kier alpha value is -3.36. The van der Waals surface area contributed by atoms with Gasteiger partial charge in [-0.15, -0.1) is 0 Å². The van der Waals surface area contributed by atoms with E-state index in [4.69, 9.17) is 0 Å². The third kappa shape index (κ3) is 5.18. The molecule has 8 nitrogen and oxygen atoms in total. The predicted octanol–water partition coefficient (Wildman–Crippen LogP) is 2.28. The first-order chi connectivity index (χ1) is 16.6. The number of Topliss-reactive ketones (excluding diaryl/α,β-unsaturated/α-hetero) is 1. The number of nitrogens with zero attached hydrogens (tertiary/aromatic N) is 3. The molecule has 1 aliphatic carbocycles. The second-order valence-corrected chi connectivity index (χ2v) is 10.3. The lowest BCUT2D eigenvalue weighted by Crippen LogP contribution is -2.53. The molecule has 0 bridgehead atoms. The van der Waals surface area contributed by atoms with Gasteiger partial charge in [0.2, 0.25) is 5.78 Å². The lowest BCUT2D eigenvalue weighted by Gasteiger charge is -2.35. The normalized spacial score (nSPS) is 16.1. The van der Waals surface area contributed by atoms with E-state index >= 15 is 0 Å². The lowest BCUT2D eigenvalue weighted by molar-refractivity contribution is -0.149. The minimum atomic E-state index is -0.770. The highest BCUT2D eigenvalue weighted by Crippen LogP contribution is 2.23. The molecule has 35 heavy (non-hydrogen) atoms. The van der Waals surface area contributed by atoms with Crippen molar-refractivity contribution in [3.63, 3.8) is 0 Å². The van der Waals surface area contributed by atoms with Gasteiger partial charge < -0.3 is 9.80 Å². The van der Waals surface area contributed by atoms with Crippen molar-refractivity contribution < 1.29 is 18.8 Å². The Bertz CT molecular complexity index is 1220. The van der Waals surface area contributed by atoms with Crippen LogP contribution in [0.25, 0.3) is 0 Å². The summed E-state index contributed by atoms with van der Waals surface area (Å²) in [4.78, 5) is 53.0. The first-order valence-electron chi connectivity index (χ1n) is 12.1. The summed E-state index contributed by atoms with van der Waals surface area (Å²) in [5.74, 6) is -2.07. The van der Waals surface area contributed by atoms with Gasteiger partial charge in [0.1, 0.15) is 5.82 Å². The van der Waals surface area contributed by atoms with E-state index < -0.39 is 28.8 Å². The summed E-state index contributed by atoms with van der Waals surface area (Å²) in [6.07, 6.45) is 3.86. The number of H-pyrrole nitrogens is 1. The van der Waals surface area contributed by atoms with Crippen LogP contribution < -0.4 is 5.56 Å². The fourth-order valence-corrected chi connectivity index (χ4v) is 4.66. The SMILES string of the molecule is CC(C)(C)C(=O)C(=O)N1CCN(C(=O)c2cc(Cc3n[nH]c(=O)c4c3CCCC4)ccc2F)CC1. The van der Waals surface area contributed by atoms with Crippen LogP contribution in [-0.4, -0.2) is 63.8 Å². The van der Waals surface area contributed by atoms with Crippen LogP contribution in [0.1, 0.15) is 66.4 Å². The number of aromatic nitrogens is 2. The molecule has 1 saturated heterocycles. The summed E-state index contributed by atoms with van der Waals surface area (Å²) in [5.41, 5.74) is 2.26. The molecule has 0 saturated carbocycles. The van der Waals surface area contributed by atoms with E-state index in [0.29, 0.717) is 6.42 Å². The molecule has 2 amide bonds. The van der Waals surface area contributed by atoms with Crippen molar-refractivity contribution in [1.29, 1.82) is 0 Å². The summed E-state index contributed by atoms with van der Waals surface area (Å²) < 4.78 is 14.7. The first kappa shape index (κ1) is 24.8. The molecule has 2 aliphatic rings. The maximum atomic E-state index is 14.7. The van der Waals surface area contributed by atoms with Gasteiger partial charge in [-0.2, -0.15) is 5.10 Å². The number of ketones is 1. The van der Waals surface area contributed by atoms with Crippen LogP contribution >= 0.6 is 0 Å². The molecule has 4 rings (SSSR count). The summed E-state index contributed by atoms with van der Waals surface area (Å²) in [5, 5.41) is 6.81. The maximum absolute atomic E-state index is 14.7. The van der Waals surface area contributed by atoms with E-state index in [1.54, 1.807) is 32.9 Å². The number of amides is 2. The van der Waals surface area contributed by atoms with Gasteiger partial charge in [-0.3, -0.25) is 19.2 Å². The second-order valence-electron chi connectivity index (χ2n) is 10.3. The lowest BCUT2D eigenvalue weighted by atomic mass is 9.90. The summed E-state index contributed by atoms with van der Waals surface area (Å²) in [7, 11) is 0. The number of hydrogen-bond donors (Lipinski definition) is 1. The molecule has 1 N–H and O–H groups in total. The summed E-state index contributed by atoms with van der Waals surface area (Å²) in [6.45, 7) is 5.98. The molecular formula is C26H31FN4O4. The van der Waals surface area contributed by atoms with Crippen LogP contribution in [0, 0.1) is 11.2 Å². The average molecular weight is 483 g/mol. The van der Waals surface area contributed by atoms with Gasteiger partial charge in [0, 0.05) is 43.6 Å². The average Bonchev–Trinajstić information content (AvgIpc) is 2.85. The number of rotatable bonds is 4. The standard InChI is InChI=1S/C26H31FN4O4/c1-26(2,3)22(32)25(35)31-12-10-30(11-13-31)24(34)19-14-16(8-9-20(19)27)15-21-17-6-4-5-7-18(17)23(33)29-28-21/h8-9,14H,4-7,10-13,15H2,1-3H3,(H,29,33). The van der Waals surface area contributed by atoms with Gasteiger partial charge in [0.05, 0.1) is 11.3 Å². The highest BCUT2D eigenvalue weighted by Gasteiger charge is 2.34. The molecule has 186 valence electrons. The Morgan fingerprint density at radius 2 is 1.63 bits per heavy atom. The summed E-state index contributed by atoms with van der Waals surface area (Å²) in [6, 6.07) is 4.45. The number of halogens is 1. The molecule has 0 spiro atoms. The molecular weight excluding hydrogens is 451 g/mol. The smallest absolute Gasteiger partial charge is 0.290 e. The number of benzene rings is 1. The maximum Gasteiger partial charge on any atom is 0.290 e. The quantitative estimate of drug-likeness (QED) is 0.674. The fraction of sp³-hybridized carbons (Fsp3) is 0.500. The molecule has 0 unspecified atom stereocenters. The first-order valence-corrected chi connectivity index (χ1v) is 12.1. The van der Waals surface area contributed by atoms with E-state index in [9.17, 15) is 23.6 Å². The topological polar surface area (TPSA) is 103 Å². The van der Waals surface area contributed by atoms with Crippen LogP contribution in [0.3, 0.4) is 0 Å². The van der Waals surface area contributed by atoms with Crippen molar-refractivity contribution in [2.75, 3.05) is 26.2 Å². The van der Waals surface area contributed by atoms with Crippen LogP contribution in [0.2, 0.25) is 0 Å². The van der Waals surface area contributed by atoms with E-state index in [1.807, 2.05) is 0 Å². The van der Waals surface area contributed by atoms with Crippen molar-refractivity contribution in [3.8, 4) is 0 Å². The number of carbonyl (C=O) groups is 3. The van der Waals surface area contributed by atoms with E-state index in [0.717, 1.165) is 48.1 Å². The van der Waals surface area contributed by atoms with Crippen LogP contribution in [0.5, 0.6) is 0 Å². The van der Waals surface area contributed by atoms with Crippen LogP contribution in [0.4, 0.5) is 4.39 Å². The number of fused-ring (bicyclic) bond motifs is 1. The van der Waals surface area contributed by atoms with Crippen molar-refractivity contribution in [2.24, 2.45) is 5.41 Å². The van der Waals surface area contributed by atoms with Crippen molar-refractivity contribution in [3.05, 3.63) is 62.3 Å². The molecule has 0 radical (unpaired) electrons. The predicted molar refractivity (Wildman–Crippen MR) is 128 cm³/mol. The molecule has 9 heteroatoms. The van der Waals surface area contributed by atoms with Gasteiger partial charge in [0.25, 0.3) is 17.4 Å². The van der Waals surface area contributed by atoms with Crippen molar-refractivity contribution in [2.45, 2.75) is 52.9 Å². The molecule has 1 aromatic heterocycles. The fourth-order valence-electron chi connectivity index (χ4n) is 4.66. The van der Waals surface area contributed by atoms with Gasteiger partial charge in [-0.25, -0.2) is 9.49 Å². The van der Waals surface area contributed by atoms with Gasteiger partial charge in [0.15, 0.2) is 0 Å². The van der Waals surface area contributed by atoms with E-state index in [1.165, 1.54) is 15.9 Å². The Labute approximate surface area is 203 Å². The van der Waals surface area contributed by atoms with Gasteiger partial charge >= 0.3 is 0 Å². The molecule has 0 atom stereocenters. The van der Waals surface area contributed by atoms with Gasteiger partial charge in [-0.05, 0) is 48.9 Å². The van der Waals surface area contributed by atoms with Crippen molar-refractivity contribution in [1.82, 2.24) is 20.0 Å². The third-order valence-electron chi connectivity index (χ3n) is 6.74. The monoisotopic (exact) mass is 482 g/mol. The minimum absolute atomic E-state index is 0.0358. The molecule has 2 heterocycles. The number of aromatic amines is 1. The van der Waals surface area contributed by atoms with E-state index in [-0.39, 0.29) is 37.3 Å². The van der Waals surface area contributed by atoms with Gasteiger partial charge in [-0.1, -0.05) is 26.8 Å². The molecule has 1 aliphatic heterocycles. The Morgan fingerprint density at radius 3 is 2.29 bits per heavy atom. The highest BCUT2D eigenvalue weighted by atomic mass is 19.1. The zero-order valence-corrected chi connectivity index (χ0v) is 20.4. The number of nitrogens with one attached hydrogen (secondary N) is 1. The largest absolute Gasteiger partial charge is 0.335 e. The minimum Gasteiger partial charge on any atom is -0.335 e. The second kappa shape index (κ2) is 9.71. The number of carbonyl (C=O) groups excluding carboxylic acids is 3.